The summed E-state index contributed by atoms with van der Waals surface area (Å²) < 4.78 is 7.11. The summed E-state index contributed by atoms with van der Waals surface area (Å²) in [5.41, 5.74) is 0.780. The number of hydrogen-bond acceptors (Lipinski definition) is 3. The average Bonchev–Trinajstić information content (AvgIpc) is 2.93. The minimum absolute atomic E-state index is 0.247. The minimum Gasteiger partial charge on any atom is -0.459 e. The van der Waals surface area contributed by atoms with E-state index in [9.17, 15) is 9.59 Å². The number of nitrogens with one attached hydrogen (secondary N) is 1. The van der Waals surface area contributed by atoms with Crippen LogP contribution in [0.25, 0.3) is 11.0 Å². The molecule has 0 aliphatic heterocycles. The van der Waals surface area contributed by atoms with E-state index in [1.165, 1.54) is 9.47 Å². The van der Waals surface area contributed by atoms with Gasteiger partial charge in [0.25, 0.3) is 5.56 Å². The Morgan fingerprint density at radius 1 is 1.26 bits per heavy atom. The second-order valence-corrected chi connectivity index (χ2v) is 5.37. The highest BCUT2D eigenvalue weighted by molar-refractivity contribution is 5.89. The maximum absolute atomic E-state index is 12.2. The third-order valence-electron chi connectivity index (χ3n) is 3.58. The molecule has 2 amide bonds. The molecule has 0 aliphatic rings. The van der Waals surface area contributed by atoms with E-state index in [-0.39, 0.29) is 17.3 Å². The number of carbonyl (C=O) groups is 1. The number of carbonyl (C=O) groups excluding carboxylic acids is 1. The maximum Gasteiger partial charge on any atom is 0.322 e. The number of rotatable bonds is 3. The topological polar surface area (TPSA) is 67.5 Å². The SMILES string of the molecule is CN(Cc1cc2ccccc2o1)C(=O)Nc1cccn(C)c1=O. The van der Waals surface area contributed by atoms with Crippen LogP contribution in [-0.4, -0.2) is 22.5 Å². The number of urea groups is 1. The Morgan fingerprint density at radius 2 is 2.04 bits per heavy atom. The van der Waals surface area contributed by atoms with Crippen LogP contribution in [0.5, 0.6) is 0 Å². The van der Waals surface area contributed by atoms with Crippen molar-refractivity contribution in [1.29, 1.82) is 0 Å². The number of benzene rings is 1. The van der Waals surface area contributed by atoms with E-state index in [2.05, 4.69) is 5.32 Å². The lowest BCUT2D eigenvalue weighted by Gasteiger charge is -2.16. The zero-order chi connectivity index (χ0) is 16.4. The largest absolute Gasteiger partial charge is 0.459 e. The molecule has 3 rings (SSSR count). The van der Waals surface area contributed by atoms with Gasteiger partial charge in [-0.1, -0.05) is 18.2 Å². The molecule has 0 bridgehead atoms. The summed E-state index contributed by atoms with van der Waals surface area (Å²) in [6.45, 7) is 0.313. The summed E-state index contributed by atoms with van der Waals surface area (Å²) >= 11 is 0. The molecule has 118 valence electrons. The van der Waals surface area contributed by atoms with Crippen LogP contribution < -0.4 is 10.9 Å². The number of pyridine rings is 1. The molecule has 2 heterocycles. The summed E-state index contributed by atoms with van der Waals surface area (Å²) in [6.07, 6.45) is 1.64. The molecule has 6 heteroatoms. The van der Waals surface area contributed by atoms with Gasteiger partial charge in [-0.25, -0.2) is 4.79 Å². The van der Waals surface area contributed by atoms with E-state index >= 15 is 0 Å². The van der Waals surface area contributed by atoms with Gasteiger partial charge in [-0.3, -0.25) is 4.79 Å². The Labute approximate surface area is 132 Å². The van der Waals surface area contributed by atoms with Gasteiger partial charge in [-0.2, -0.15) is 0 Å². The van der Waals surface area contributed by atoms with Gasteiger partial charge in [0.15, 0.2) is 0 Å². The second kappa shape index (κ2) is 6.00. The Kier molecular flexibility index (Phi) is 3.89. The molecular formula is C17H17N3O3. The Morgan fingerprint density at radius 3 is 2.83 bits per heavy atom. The molecule has 1 aromatic carbocycles. The number of anilines is 1. The van der Waals surface area contributed by atoms with Crippen molar-refractivity contribution < 1.29 is 9.21 Å². The van der Waals surface area contributed by atoms with Crippen molar-refractivity contribution in [2.24, 2.45) is 7.05 Å². The van der Waals surface area contributed by atoms with Gasteiger partial charge in [-0.15, -0.1) is 0 Å². The highest BCUT2D eigenvalue weighted by Gasteiger charge is 2.13. The first kappa shape index (κ1) is 14.9. The lowest BCUT2D eigenvalue weighted by Crippen LogP contribution is -2.33. The molecule has 2 aromatic heterocycles. The van der Waals surface area contributed by atoms with Gasteiger partial charge in [-0.05, 0) is 24.3 Å². The standard InChI is InChI=1S/C17H17N3O3/c1-19-9-5-7-14(16(19)21)18-17(22)20(2)11-13-10-12-6-3-4-8-15(12)23-13/h3-10H,11H2,1-2H3,(H,18,22). The zero-order valence-electron chi connectivity index (χ0n) is 12.9. The number of amides is 2. The molecule has 0 unspecified atom stereocenters. The van der Waals surface area contributed by atoms with Gasteiger partial charge >= 0.3 is 6.03 Å². The molecule has 3 aromatic rings. The fourth-order valence-electron chi connectivity index (χ4n) is 2.32. The van der Waals surface area contributed by atoms with Crippen molar-refractivity contribution in [2.45, 2.75) is 6.54 Å². The first-order valence-electron chi connectivity index (χ1n) is 7.20. The predicted octanol–water partition coefficient (Wildman–Crippen LogP) is 2.80. The lowest BCUT2D eigenvalue weighted by atomic mass is 10.2. The van der Waals surface area contributed by atoms with E-state index in [0.717, 1.165) is 11.0 Å². The van der Waals surface area contributed by atoms with E-state index in [4.69, 9.17) is 4.42 Å². The number of nitrogens with zero attached hydrogens (tertiary/aromatic N) is 2. The van der Waals surface area contributed by atoms with Crippen molar-refractivity contribution in [3.05, 3.63) is 64.8 Å². The zero-order valence-corrected chi connectivity index (χ0v) is 12.9. The first-order valence-corrected chi connectivity index (χ1v) is 7.20. The number of furan rings is 1. The fraction of sp³-hybridized carbons (Fsp3) is 0.176. The lowest BCUT2D eigenvalue weighted by molar-refractivity contribution is 0.217. The summed E-state index contributed by atoms with van der Waals surface area (Å²) in [6, 6.07) is 12.5. The van der Waals surface area contributed by atoms with Crippen LogP contribution >= 0.6 is 0 Å². The normalized spacial score (nSPS) is 10.7. The summed E-state index contributed by atoms with van der Waals surface area (Å²) in [4.78, 5) is 25.6. The molecule has 0 spiro atoms. The van der Waals surface area contributed by atoms with Crippen LogP contribution in [0, 0.1) is 0 Å². The Bertz CT molecular complexity index is 878. The van der Waals surface area contributed by atoms with Gasteiger partial charge in [0.1, 0.15) is 17.0 Å². The molecule has 23 heavy (non-hydrogen) atoms. The van der Waals surface area contributed by atoms with Crippen LogP contribution in [0.4, 0.5) is 10.5 Å². The van der Waals surface area contributed by atoms with Crippen molar-refractivity contribution in [2.75, 3.05) is 12.4 Å². The molecule has 0 fully saturated rings. The van der Waals surface area contributed by atoms with Crippen LogP contribution in [0.15, 0.2) is 57.9 Å². The van der Waals surface area contributed by atoms with Crippen molar-refractivity contribution in [1.82, 2.24) is 9.47 Å². The van der Waals surface area contributed by atoms with E-state index in [1.54, 1.807) is 32.4 Å². The first-order chi connectivity index (χ1) is 11.0. The van der Waals surface area contributed by atoms with E-state index in [0.29, 0.717) is 12.3 Å². The van der Waals surface area contributed by atoms with E-state index < -0.39 is 0 Å². The Balaban J connectivity index is 1.72. The summed E-state index contributed by atoms with van der Waals surface area (Å²) in [5.74, 6) is 0.685. The molecule has 0 aliphatic carbocycles. The number of hydrogen-bond donors (Lipinski definition) is 1. The number of aromatic nitrogens is 1. The number of aryl methyl sites for hydroxylation is 1. The van der Waals surface area contributed by atoms with Gasteiger partial charge in [0.05, 0.1) is 6.54 Å². The van der Waals surface area contributed by atoms with Gasteiger partial charge in [0.2, 0.25) is 0 Å². The monoisotopic (exact) mass is 311 g/mol. The molecule has 0 saturated carbocycles. The molecule has 0 radical (unpaired) electrons. The van der Waals surface area contributed by atoms with Crippen molar-refractivity contribution in [3.63, 3.8) is 0 Å². The average molecular weight is 311 g/mol. The third kappa shape index (κ3) is 3.11. The summed E-state index contributed by atoms with van der Waals surface area (Å²) in [7, 11) is 3.28. The highest BCUT2D eigenvalue weighted by Crippen LogP contribution is 2.19. The predicted molar refractivity (Wildman–Crippen MR) is 88.4 cm³/mol. The Hall–Kier alpha value is -3.02. The number of fused-ring (bicyclic) bond motifs is 1. The fourth-order valence-corrected chi connectivity index (χ4v) is 2.32. The number of para-hydroxylation sites is 1. The van der Waals surface area contributed by atoms with Crippen LogP contribution in [0.1, 0.15) is 5.76 Å². The van der Waals surface area contributed by atoms with Gasteiger partial charge < -0.3 is 19.2 Å². The highest BCUT2D eigenvalue weighted by atomic mass is 16.3. The van der Waals surface area contributed by atoms with Crippen molar-refractivity contribution >= 4 is 22.7 Å². The quantitative estimate of drug-likeness (QED) is 0.809. The van der Waals surface area contributed by atoms with Crippen LogP contribution in [-0.2, 0) is 13.6 Å². The molecule has 6 nitrogen and oxygen atoms in total. The van der Waals surface area contributed by atoms with Crippen molar-refractivity contribution in [3.8, 4) is 0 Å². The van der Waals surface area contributed by atoms with Crippen LogP contribution in [0.2, 0.25) is 0 Å². The maximum atomic E-state index is 12.2. The summed E-state index contributed by atoms with van der Waals surface area (Å²) in [5, 5.41) is 3.61. The van der Waals surface area contributed by atoms with Crippen LogP contribution in [0.3, 0.4) is 0 Å². The minimum atomic E-state index is -0.367. The van der Waals surface area contributed by atoms with E-state index in [1.807, 2.05) is 30.3 Å². The molecular weight excluding hydrogens is 294 g/mol. The molecule has 0 atom stereocenters. The molecule has 0 saturated heterocycles. The third-order valence-corrected chi connectivity index (χ3v) is 3.58. The smallest absolute Gasteiger partial charge is 0.322 e. The second-order valence-electron chi connectivity index (χ2n) is 5.37. The molecule has 1 N–H and O–H groups in total. The van der Waals surface area contributed by atoms with Gasteiger partial charge in [0, 0.05) is 25.7 Å².